The molecule has 0 fully saturated rings. The molecule has 0 unspecified atom stereocenters. The summed E-state index contributed by atoms with van der Waals surface area (Å²) in [6.07, 6.45) is 0. The summed E-state index contributed by atoms with van der Waals surface area (Å²) in [5, 5.41) is 64.5. The lowest BCUT2D eigenvalue weighted by atomic mass is 9.93. The average Bonchev–Trinajstić information content (AvgIpc) is 2.82. The number of aliphatic hydroxyl groups is 6. The van der Waals surface area contributed by atoms with E-state index in [1.807, 2.05) is 0 Å². The van der Waals surface area contributed by atoms with Gasteiger partial charge in [-0.05, 0) is 19.7 Å². The number of hydrogen-bond acceptors (Lipinski definition) is 19. The molecule has 10 nitrogen and oxygen atoms in total. The van der Waals surface area contributed by atoms with E-state index in [1.54, 1.807) is 0 Å². The van der Waals surface area contributed by atoms with Crippen LogP contribution in [-0.2, 0) is 13.2 Å². The molecule has 0 aromatic rings. The van der Waals surface area contributed by atoms with Gasteiger partial charge in [0.25, 0.3) is 0 Å². The fourth-order valence-corrected chi connectivity index (χ4v) is 18.5. The molecule has 0 atom stereocenters. The van der Waals surface area contributed by atoms with E-state index < -0.39 is 61.0 Å². The van der Waals surface area contributed by atoms with Crippen LogP contribution >= 0.6 is 103 Å². The lowest BCUT2D eigenvalue weighted by molar-refractivity contribution is -0.134. The van der Waals surface area contributed by atoms with Crippen molar-refractivity contribution in [2.24, 2.45) is 10.8 Å². The summed E-state index contributed by atoms with van der Waals surface area (Å²) in [5.74, 6) is -0.971. The zero-order valence-corrected chi connectivity index (χ0v) is 24.3. The fourth-order valence-electron chi connectivity index (χ4n) is 1.16. The summed E-state index contributed by atoms with van der Waals surface area (Å²) < 4.78 is 9.78. The molecule has 0 aliphatic rings. The van der Waals surface area contributed by atoms with Gasteiger partial charge < -0.3 is 44.1 Å². The Morgan fingerprint density at radius 2 is 0.969 bits per heavy atom. The molecular formula is C12H24O10S10. The Labute approximate surface area is 224 Å². The molecule has 0 spiro atoms. The van der Waals surface area contributed by atoms with E-state index in [1.165, 1.54) is 59.0 Å². The van der Waals surface area contributed by atoms with Crippen molar-refractivity contribution in [3.05, 3.63) is 0 Å². The molecular weight excluding hydrogens is 625 g/mol. The second-order valence-electron chi connectivity index (χ2n) is 5.88. The molecule has 0 saturated heterocycles. The van der Waals surface area contributed by atoms with Gasteiger partial charge in [0, 0.05) is 39.3 Å². The Morgan fingerprint density at radius 3 is 1.25 bits per heavy atom. The second-order valence-corrected chi connectivity index (χ2v) is 20.8. The molecule has 0 amide bonds. The van der Waals surface area contributed by atoms with Gasteiger partial charge in [0.15, 0.2) is 4.58 Å². The van der Waals surface area contributed by atoms with E-state index >= 15 is 0 Å². The first-order chi connectivity index (χ1) is 15.4. The van der Waals surface area contributed by atoms with E-state index in [2.05, 4.69) is 0 Å². The van der Waals surface area contributed by atoms with Crippen LogP contribution in [-0.4, -0.2) is 99.2 Å². The predicted octanol–water partition coefficient (Wildman–Crippen LogP) is 2.84. The minimum absolute atomic E-state index is 0.0334. The minimum atomic E-state index is -1.10. The number of hydrogen-bond donors (Lipinski definition) is 7. The largest absolute Gasteiger partial charge is 0.480 e. The van der Waals surface area contributed by atoms with Crippen molar-refractivity contribution in [1.82, 2.24) is 0 Å². The molecule has 0 aromatic carbocycles. The van der Waals surface area contributed by atoms with Crippen LogP contribution in [0.5, 0.6) is 0 Å². The van der Waals surface area contributed by atoms with Gasteiger partial charge in [-0.25, -0.2) is 0 Å². The summed E-state index contributed by atoms with van der Waals surface area (Å²) in [4.78, 5) is 11.3. The van der Waals surface area contributed by atoms with E-state index in [9.17, 15) is 40.5 Å². The Morgan fingerprint density at radius 1 is 0.625 bits per heavy atom. The van der Waals surface area contributed by atoms with Crippen molar-refractivity contribution < 1.29 is 48.9 Å². The number of rotatable bonds is 23. The number of carboxylic acids is 1. The maximum atomic E-state index is 11.3. The lowest BCUT2D eigenvalue weighted by Gasteiger charge is -2.25. The zero-order valence-electron chi connectivity index (χ0n) is 16.2. The maximum Gasteiger partial charge on any atom is 0.328 e. The molecule has 0 aromatic heterocycles. The maximum absolute atomic E-state index is 11.3. The van der Waals surface area contributed by atoms with Gasteiger partial charge in [0.2, 0.25) is 0 Å². The monoisotopic (exact) mass is 648 g/mol. The molecule has 20 heteroatoms. The summed E-state index contributed by atoms with van der Waals surface area (Å²) >= 11 is 2.01. The lowest BCUT2D eigenvalue weighted by Crippen LogP contribution is -2.37. The highest BCUT2D eigenvalue weighted by molar-refractivity contribution is 9.37. The van der Waals surface area contributed by atoms with E-state index in [-0.39, 0.29) is 13.2 Å². The molecule has 0 radical (unpaired) electrons. The number of aliphatic carboxylic acids is 1. The molecule has 0 bridgehead atoms. The topological polar surface area (TPSA) is 177 Å². The van der Waals surface area contributed by atoms with Gasteiger partial charge in [-0.15, -0.1) is 0 Å². The highest BCUT2D eigenvalue weighted by Gasteiger charge is 2.30. The van der Waals surface area contributed by atoms with Crippen LogP contribution in [0.3, 0.4) is 0 Å². The normalized spacial score (nSPS) is 12.6. The molecule has 0 aliphatic carbocycles. The van der Waals surface area contributed by atoms with E-state index in [0.717, 1.165) is 43.7 Å². The van der Waals surface area contributed by atoms with Gasteiger partial charge in [-0.2, -0.15) is 0 Å². The van der Waals surface area contributed by atoms with Crippen LogP contribution < -0.4 is 0 Å². The second kappa shape index (κ2) is 21.7. The average molecular weight is 649 g/mol. The summed E-state index contributed by atoms with van der Waals surface area (Å²) in [7, 11) is 9.91. The predicted molar refractivity (Wildman–Crippen MR) is 147 cm³/mol. The molecule has 7 N–H and O–H groups in total. The minimum Gasteiger partial charge on any atom is -0.480 e. The smallest absolute Gasteiger partial charge is 0.328 e. The third-order valence-corrected chi connectivity index (χ3v) is 20.1. The highest BCUT2D eigenvalue weighted by Crippen LogP contribution is 2.56. The summed E-state index contributed by atoms with van der Waals surface area (Å²) in [6, 6.07) is 0. The summed E-state index contributed by atoms with van der Waals surface area (Å²) in [6.45, 7) is -2.52. The molecule has 0 aliphatic heterocycles. The van der Waals surface area contributed by atoms with Crippen molar-refractivity contribution >= 4 is 109 Å². The van der Waals surface area contributed by atoms with Crippen LogP contribution in [0.1, 0.15) is 0 Å². The standard InChI is InChI=1S/C12H24O10S10/c13-1-11(2-14,3-15)7-21-25-29-31-27-23-10(9(19)20)24-28-32-30-26-22-8-12(4-16,5-17)6-18/h10,13-18H,1-8H2,(H,19,20). The Hall–Kier alpha value is 2.65. The Kier molecular flexibility index (Phi) is 23.5. The van der Waals surface area contributed by atoms with Crippen molar-refractivity contribution in [2.45, 2.75) is 4.58 Å². The van der Waals surface area contributed by atoms with Crippen molar-refractivity contribution in [2.75, 3.05) is 52.9 Å². The van der Waals surface area contributed by atoms with Crippen LogP contribution in [0.4, 0.5) is 0 Å². The quantitative estimate of drug-likeness (QED) is 0.0372. The van der Waals surface area contributed by atoms with Crippen LogP contribution in [0.15, 0.2) is 0 Å². The highest BCUT2D eigenvalue weighted by atomic mass is 33.8. The fraction of sp³-hybridized carbons (Fsp3) is 0.917. The molecule has 0 rings (SSSR count). The molecule has 0 heterocycles. The van der Waals surface area contributed by atoms with Crippen molar-refractivity contribution in [1.29, 1.82) is 0 Å². The van der Waals surface area contributed by atoms with Crippen molar-refractivity contribution in [3.8, 4) is 0 Å². The molecule has 32 heavy (non-hydrogen) atoms. The summed E-state index contributed by atoms with van der Waals surface area (Å²) in [5.41, 5.74) is -2.19. The first kappa shape index (κ1) is 34.6. The number of aliphatic hydroxyl groups excluding tert-OH is 6. The van der Waals surface area contributed by atoms with Crippen LogP contribution in [0.2, 0.25) is 0 Å². The van der Waals surface area contributed by atoms with Crippen LogP contribution in [0.25, 0.3) is 0 Å². The molecule has 0 saturated carbocycles. The SMILES string of the molecule is O=C(O)C(SSSSSOCC(CO)(CO)CO)SSSSSOCC(CO)(CO)CO. The Balaban J connectivity index is 3.88. The third kappa shape index (κ3) is 15.0. The first-order valence-electron chi connectivity index (χ1n) is 8.16. The Bertz CT molecular complexity index is 423. The molecule has 192 valence electrons. The van der Waals surface area contributed by atoms with Gasteiger partial charge >= 0.3 is 5.97 Å². The van der Waals surface area contributed by atoms with E-state index in [0.29, 0.717) is 0 Å². The first-order valence-corrected chi connectivity index (χ1v) is 20.4. The number of carboxylic acid groups (broad SMARTS) is 1. The van der Waals surface area contributed by atoms with Gasteiger partial charge in [-0.3, -0.25) is 4.79 Å². The zero-order chi connectivity index (χ0) is 24.3. The van der Waals surface area contributed by atoms with Gasteiger partial charge in [0.1, 0.15) is 0 Å². The van der Waals surface area contributed by atoms with Gasteiger partial charge in [0.05, 0.1) is 85.8 Å². The third-order valence-electron chi connectivity index (χ3n) is 3.46. The van der Waals surface area contributed by atoms with Crippen molar-refractivity contribution in [3.63, 3.8) is 0 Å². The number of carbonyl (C=O) groups is 1. The van der Waals surface area contributed by atoms with Gasteiger partial charge in [-0.1, -0.05) is 21.6 Å². The van der Waals surface area contributed by atoms with Crippen LogP contribution in [0, 0.1) is 10.8 Å². The van der Waals surface area contributed by atoms with E-state index in [4.69, 9.17) is 8.37 Å².